The molecule has 0 aliphatic carbocycles. The van der Waals surface area contributed by atoms with Gasteiger partial charge >= 0.3 is 0 Å². The van der Waals surface area contributed by atoms with Crippen molar-refractivity contribution in [2.24, 2.45) is 5.73 Å². The van der Waals surface area contributed by atoms with Crippen LogP contribution in [0, 0.1) is 6.92 Å². The summed E-state index contributed by atoms with van der Waals surface area (Å²) in [6, 6.07) is 13.8. The number of ether oxygens (including phenoxy) is 3. The Kier molecular flexibility index (Phi) is 5.89. The lowest BCUT2D eigenvalue weighted by atomic mass is 9.97. The van der Waals surface area contributed by atoms with Gasteiger partial charge in [0.05, 0.1) is 12.7 Å². The lowest BCUT2D eigenvalue weighted by Gasteiger charge is -2.14. The molecule has 0 radical (unpaired) electrons. The second-order valence-corrected chi connectivity index (χ2v) is 7.75. The monoisotopic (exact) mass is 420 g/mol. The zero-order valence-corrected chi connectivity index (χ0v) is 18.2. The number of hydrogen-bond acceptors (Lipinski definition) is 4. The van der Waals surface area contributed by atoms with Gasteiger partial charge < -0.3 is 24.5 Å². The third-order valence-corrected chi connectivity index (χ3v) is 5.80. The van der Waals surface area contributed by atoms with E-state index >= 15 is 0 Å². The van der Waals surface area contributed by atoms with Crippen molar-refractivity contribution in [3.8, 4) is 28.4 Å². The average Bonchev–Trinajstić information content (AvgIpc) is 3.35. The zero-order chi connectivity index (χ0) is 22.0. The van der Waals surface area contributed by atoms with E-state index in [0.717, 1.165) is 64.6 Å². The molecule has 6 heteroatoms. The number of primary amides is 1. The van der Waals surface area contributed by atoms with Crippen molar-refractivity contribution in [3.63, 3.8) is 0 Å². The van der Waals surface area contributed by atoms with Gasteiger partial charge in [-0.05, 0) is 55.2 Å². The maximum absolute atomic E-state index is 12.5. The van der Waals surface area contributed by atoms with Crippen molar-refractivity contribution in [2.75, 3.05) is 13.9 Å². The van der Waals surface area contributed by atoms with E-state index in [0.29, 0.717) is 12.1 Å². The third kappa shape index (κ3) is 3.98. The molecule has 2 N–H and O–H groups in total. The van der Waals surface area contributed by atoms with Crippen LogP contribution < -0.4 is 19.9 Å². The molecule has 1 amide bonds. The summed E-state index contributed by atoms with van der Waals surface area (Å²) in [5, 5.41) is 0. The van der Waals surface area contributed by atoms with E-state index in [2.05, 4.69) is 11.5 Å². The molecule has 1 aliphatic rings. The Balaban J connectivity index is 1.84. The van der Waals surface area contributed by atoms with Crippen LogP contribution in [-0.4, -0.2) is 24.4 Å². The zero-order valence-electron chi connectivity index (χ0n) is 18.2. The first-order chi connectivity index (χ1) is 15.0. The molecule has 0 unspecified atom stereocenters. The Morgan fingerprint density at radius 2 is 1.87 bits per heavy atom. The first-order valence-corrected chi connectivity index (χ1v) is 10.6. The predicted octanol–water partition coefficient (Wildman–Crippen LogP) is 4.69. The van der Waals surface area contributed by atoms with Crippen molar-refractivity contribution in [3.05, 3.63) is 65.0 Å². The molecule has 31 heavy (non-hydrogen) atoms. The number of carbonyl (C=O) groups is 1. The van der Waals surface area contributed by atoms with Crippen LogP contribution in [0.1, 0.15) is 47.1 Å². The number of nitrogens with zero attached hydrogens (tertiary/aromatic N) is 1. The van der Waals surface area contributed by atoms with E-state index in [-0.39, 0.29) is 6.79 Å². The highest BCUT2D eigenvalue weighted by molar-refractivity contribution is 6.02. The van der Waals surface area contributed by atoms with Gasteiger partial charge in [0.25, 0.3) is 5.91 Å². The van der Waals surface area contributed by atoms with Gasteiger partial charge in [-0.15, -0.1) is 0 Å². The minimum Gasteiger partial charge on any atom is -0.497 e. The number of nitrogens with two attached hydrogens (primary N) is 1. The van der Waals surface area contributed by atoms with Crippen LogP contribution in [0.25, 0.3) is 11.1 Å². The van der Waals surface area contributed by atoms with Gasteiger partial charge in [-0.3, -0.25) is 4.79 Å². The summed E-state index contributed by atoms with van der Waals surface area (Å²) in [5.41, 5.74) is 11.4. The molecule has 0 atom stereocenters. The molecule has 0 saturated carbocycles. The van der Waals surface area contributed by atoms with Gasteiger partial charge in [-0.25, -0.2) is 0 Å². The van der Waals surface area contributed by atoms with E-state index in [1.165, 1.54) is 0 Å². The lowest BCUT2D eigenvalue weighted by Crippen LogP contribution is -2.13. The molecule has 3 aromatic rings. The van der Waals surface area contributed by atoms with E-state index in [1.807, 2.05) is 49.4 Å². The van der Waals surface area contributed by atoms with Crippen molar-refractivity contribution >= 4 is 5.91 Å². The smallest absolute Gasteiger partial charge is 0.251 e. The molecule has 2 heterocycles. The first-order valence-electron chi connectivity index (χ1n) is 10.6. The van der Waals surface area contributed by atoms with Gasteiger partial charge in [-0.2, -0.15) is 0 Å². The molecule has 0 spiro atoms. The number of carbonyl (C=O) groups excluding carboxylic acids is 1. The van der Waals surface area contributed by atoms with E-state index in [9.17, 15) is 4.79 Å². The summed E-state index contributed by atoms with van der Waals surface area (Å²) in [7, 11) is 1.64. The summed E-state index contributed by atoms with van der Waals surface area (Å²) in [6.07, 6.45) is 2.94. The normalized spacial score (nSPS) is 12.2. The number of aromatic nitrogens is 1. The van der Waals surface area contributed by atoms with Crippen LogP contribution in [0.5, 0.6) is 17.2 Å². The summed E-state index contributed by atoms with van der Waals surface area (Å²) >= 11 is 0. The molecule has 0 saturated heterocycles. The molecule has 4 rings (SSSR count). The highest BCUT2D eigenvalue weighted by atomic mass is 16.7. The van der Waals surface area contributed by atoms with Gasteiger partial charge in [0.1, 0.15) is 5.75 Å². The summed E-state index contributed by atoms with van der Waals surface area (Å²) in [4.78, 5) is 12.5. The number of rotatable bonds is 8. The third-order valence-electron chi connectivity index (χ3n) is 5.80. The minimum absolute atomic E-state index is 0.247. The number of unbranched alkanes of at least 4 members (excludes halogenated alkanes) is 1. The van der Waals surface area contributed by atoms with Crippen molar-refractivity contribution in [2.45, 2.75) is 39.7 Å². The van der Waals surface area contributed by atoms with Crippen LogP contribution >= 0.6 is 0 Å². The molecular formula is C25H28N2O4. The number of benzene rings is 2. The van der Waals surface area contributed by atoms with Crippen molar-refractivity contribution < 1.29 is 19.0 Å². The molecule has 0 bridgehead atoms. The molecule has 1 aromatic heterocycles. The Bertz CT molecular complexity index is 1100. The number of hydrogen-bond donors (Lipinski definition) is 1. The average molecular weight is 421 g/mol. The second kappa shape index (κ2) is 8.76. The Morgan fingerprint density at radius 3 is 2.55 bits per heavy atom. The predicted molar refractivity (Wildman–Crippen MR) is 120 cm³/mol. The lowest BCUT2D eigenvalue weighted by molar-refractivity contribution is 0.1000. The van der Waals surface area contributed by atoms with Crippen molar-refractivity contribution in [1.82, 2.24) is 4.57 Å². The topological polar surface area (TPSA) is 75.7 Å². The van der Waals surface area contributed by atoms with Crippen molar-refractivity contribution in [1.29, 1.82) is 0 Å². The van der Waals surface area contributed by atoms with Crippen LogP contribution in [0.2, 0.25) is 0 Å². The minimum atomic E-state index is -0.412. The van der Waals surface area contributed by atoms with E-state index < -0.39 is 5.91 Å². The summed E-state index contributed by atoms with van der Waals surface area (Å²) in [6.45, 7) is 5.00. The highest BCUT2D eigenvalue weighted by Gasteiger charge is 2.25. The van der Waals surface area contributed by atoms with Gasteiger partial charge in [0.2, 0.25) is 6.79 Å². The largest absolute Gasteiger partial charge is 0.497 e. The Morgan fingerprint density at radius 1 is 1.13 bits per heavy atom. The van der Waals surface area contributed by atoms with Gasteiger partial charge in [-0.1, -0.05) is 31.5 Å². The Labute approximate surface area is 182 Å². The van der Waals surface area contributed by atoms with Crippen LogP contribution in [0.4, 0.5) is 0 Å². The van der Waals surface area contributed by atoms with Crippen LogP contribution in [0.3, 0.4) is 0 Å². The highest BCUT2D eigenvalue weighted by Crippen LogP contribution is 2.37. The van der Waals surface area contributed by atoms with Gasteiger partial charge in [0.15, 0.2) is 11.5 Å². The quantitative estimate of drug-likeness (QED) is 0.574. The fourth-order valence-corrected chi connectivity index (χ4v) is 4.21. The summed E-state index contributed by atoms with van der Waals surface area (Å²) in [5.74, 6) is 1.88. The van der Waals surface area contributed by atoms with Crippen LogP contribution in [0.15, 0.2) is 42.5 Å². The number of methoxy groups -OCH3 is 1. The number of amides is 1. The molecule has 1 aliphatic heterocycles. The fraction of sp³-hybridized carbons (Fsp3) is 0.320. The van der Waals surface area contributed by atoms with Gasteiger partial charge in [0, 0.05) is 23.5 Å². The Hall–Kier alpha value is -3.41. The SMILES string of the molecule is CCCCc1c(-c2ccc(OC)cc2)c(C(N)=O)c(C)n1Cc1ccc2c(c1)OCO2. The molecular weight excluding hydrogens is 392 g/mol. The van der Waals surface area contributed by atoms with E-state index in [1.54, 1.807) is 7.11 Å². The molecule has 6 nitrogen and oxygen atoms in total. The molecule has 0 fully saturated rings. The standard InChI is InChI=1S/C25H28N2O4/c1-4-5-6-20-24(18-8-10-19(29-3)11-9-18)23(25(26)28)16(2)27(20)14-17-7-12-21-22(13-17)31-15-30-21/h7-13H,4-6,14-15H2,1-3H3,(H2,26,28). The fourth-order valence-electron chi connectivity index (χ4n) is 4.21. The molecule has 2 aromatic carbocycles. The molecule has 162 valence electrons. The second-order valence-electron chi connectivity index (χ2n) is 7.75. The van der Waals surface area contributed by atoms with E-state index in [4.69, 9.17) is 19.9 Å². The summed E-state index contributed by atoms with van der Waals surface area (Å²) < 4.78 is 18.5. The number of fused-ring (bicyclic) bond motifs is 1. The maximum Gasteiger partial charge on any atom is 0.251 e. The van der Waals surface area contributed by atoms with Crippen LogP contribution in [-0.2, 0) is 13.0 Å². The first kappa shape index (κ1) is 20.8. The maximum atomic E-state index is 12.5.